The van der Waals surface area contributed by atoms with Gasteiger partial charge in [0.2, 0.25) is 10.0 Å². The summed E-state index contributed by atoms with van der Waals surface area (Å²) < 4.78 is 26.8. The maximum atomic E-state index is 12.7. The maximum absolute atomic E-state index is 12.7. The zero-order valence-electron chi connectivity index (χ0n) is 14.2. The minimum atomic E-state index is -3.72. The zero-order valence-corrected chi connectivity index (χ0v) is 15.0. The summed E-state index contributed by atoms with van der Waals surface area (Å²) in [6.07, 6.45) is 0.804. The number of anilines is 1. The van der Waals surface area contributed by atoms with Gasteiger partial charge >= 0.3 is 0 Å². The Bertz CT molecular complexity index is 699. The third-order valence-corrected chi connectivity index (χ3v) is 6.17. The van der Waals surface area contributed by atoms with Crippen LogP contribution in [0.5, 0.6) is 0 Å². The molecule has 0 aromatic heterocycles. The summed E-state index contributed by atoms with van der Waals surface area (Å²) in [4.78, 5) is 12.8. The molecule has 0 saturated carbocycles. The van der Waals surface area contributed by atoms with E-state index in [-0.39, 0.29) is 16.6 Å². The standard InChI is InChI=1S/C15H24N4O4S/c1-4-12(2)16-14-6-5-13(11-15(14)19(20)21)24(22,23)18-9-7-17(3)8-10-18/h5-6,11-12,16H,4,7-10H2,1-3H3. The van der Waals surface area contributed by atoms with Crippen LogP contribution in [0.15, 0.2) is 23.1 Å². The molecule has 1 fully saturated rings. The van der Waals surface area contributed by atoms with Crippen LogP contribution in [-0.4, -0.2) is 61.8 Å². The Morgan fingerprint density at radius 2 is 1.92 bits per heavy atom. The van der Waals surface area contributed by atoms with Crippen molar-refractivity contribution in [3.05, 3.63) is 28.3 Å². The van der Waals surface area contributed by atoms with Gasteiger partial charge in [0.05, 0.1) is 9.82 Å². The highest BCUT2D eigenvalue weighted by molar-refractivity contribution is 7.89. The summed E-state index contributed by atoms with van der Waals surface area (Å²) in [5.74, 6) is 0. The topological polar surface area (TPSA) is 95.8 Å². The summed E-state index contributed by atoms with van der Waals surface area (Å²) in [6, 6.07) is 4.13. The third-order valence-electron chi connectivity index (χ3n) is 4.28. The van der Waals surface area contributed by atoms with Crippen molar-refractivity contribution < 1.29 is 13.3 Å². The van der Waals surface area contributed by atoms with E-state index in [9.17, 15) is 18.5 Å². The van der Waals surface area contributed by atoms with Crippen molar-refractivity contribution in [1.82, 2.24) is 9.21 Å². The average Bonchev–Trinajstić information content (AvgIpc) is 2.55. The fourth-order valence-corrected chi connectivity index (χ4v) is 3.93. The van der Waals surface area contributed by atoms with E-state index in [2.05, 4.69) is 5.32 Å². The van der Waals surface area contributed by atoms with Gasteiger partial charge in [-0.2, -0.15) is 4.31 Å². The third kappa shape index (κ3) is 4.03. The molecule has 24 heavy (non-hydrogen) atoms. The van der Waals surface area contributed by atoms with E-state index in [0.717, 1.165) is 12.5 Å². The van der Waals surface area contributed by atoms with Crippen LogP contribution in [0, 0.1) is 10.1 Å². The molecule has 1 aliphatic rings. The number of nitrogens with zero attached hydrogens (tertiary/aromatic N) is 3. The molecule has 1 unspecified atom stereocenters. The van der Waals surface area contributed by atoms with E-state index in [1.54, 1.807) is 0 Å². The Hall–Kier alpha value is -1.71. The summed E-state index contributed by atoms with van der Waals surface area (Å²) in [6.45, 7) is 5.96. The maximum Gasteiger partial charge on any atom is 0.293 e. The number of nitro benzene ring substituents is 1. The molecule has 8 nitrogen and oxygen atoms in total. The molecule has 134 valence electrons. The second-order valence-corrected chi connectivity index (χ2v) is 8.03. The summed E-state index contributed by atoms with van der Waals surface area (Å²) >= 11 is 0. The van der Waals surface area contributed by atoms with Crippen molar-refractivity contribution in [3.63, 3.8) is 0 Å². The molecule has 1 aromatic rings. The first-order valence-electron chi connectivity index (χ1n) is 7.99. The minimum Gasteiger partial charge on any atom is -0.377 e. The molecular weight excluding hydrogens is 332 g/mol. The van der Waals surface area contributed by atoms with Crippen LogP contribution in [-0.2, 0) is 10.0 Å². The van der Waals surface area contributed by atoms with Gasteiger partial charge in [-0.25, -0.2) is 8.42 Å². The molecule has 2 rings (SSSR count). The lowest BCUT2D eigenvalue weighted by Gasteiger charge is -2.31. The van der Waals surface area contributed by atoms with E-state index in [1.165, 1.54) is 16.4 Å². The van der Waals surface area contributed by atoms with Crippen LogP contribution in [0.1, 0.15) is 20.3 Å². The first kappa shape index (κ1) is 18.6. The highest BCUT2D eigenvalue weighted by Crippen LogP contribution is 2.30. The number of hydrogen-bond acceptors (Lipinski definition) is 6. The van der Waals surface area contributed by atoms with Gasteiger partial charge in [0.25, 0.3) is 5.69 Å². The second kappa shape index (κ2) is 7.45. The molecule has 1 N–H and O–H groups in total. The molecule has 1 saturated heterocycles. The Labute approximate surface area is 142 Å². The first-order chi connectivity index (χ1) is 11.3. The van der Waals surface area contributed by atoms with Crippen molar-refractivity contribution in [3.8, 4) is 0 Å². The average molecular weight is 356 g/mol. The lowest BCUT2D eigenvalue weighted by Crippen LogP contribution is -2.47. The monoisotopic (exact) mass is 356 g/mol. The van der Waals surface area contributed by atoms with Crippen molar-refractivity contribution >= 4 is 21.4 Å². The van der Waals surface area contributed by atoms with Gasteiger partial charge in [0.1, 0.15) is 5.69 Å². The largest absolute Gasteiger partial charge is 0.377 e. The molecule has 0 radical (unpaired) electrons. The lowest BCUT2D eigenvalue weighted by molar-refractivity contribution is -0.384. The number of rotatable bonds is 6. The molecule has 1 aromatic carbocycles. The lowest BCUT2D eigenvalue weighted by atomic mass is 10.2. The van der Waals surface area contributed by atoms with Gasteiger partial charge in [0, 0.05) is 38.3 Å². The van der Waals surface area contributed by atoms with Crippen LogP contribution < -0.4 is 5.32 Å². The molecule has 0 aliphatic carbocycles. The second-order valence-electron chi connectivity index (χ2n) is 6.10. The molecule has 0 bridgehead atoms. The molecule has 1 aliphatic heterocycles. The van der Waals surface area contributed by atoms with E-state index in [4.69, 9.17) is 0 Å². The number of sulfonamides is 1. The SMILES string of the molecule is CCC(C)Nc1ccc(S(=O)(=O)N2CCN(C)CC2)cc1[N+](=O)[O-]. The highest BCUT2D eigenvalue weighted by atomic mass is 32.2. The Kier molecular flexibility index (Phi) is 5.79. The number of nitrogens with one attached hydrogen (secondary N) is 1. The number of nitro groups is 1. The molecule has 0 amide bonds. The van der Waals surface area contributed by atoms with Crippen LogP contribution in [0.25, 0.3) is 0 Å². The van der Waals surface area contributed by atoms with Crippen LogP contribution in [0.4, 0.5) is 11.4 Å². The highest BCUT2D eigenvalue weighted by Gasteiger charge is 2.29. The van der Waals surface area contributed by atoms with Crippen LogP contribution in [0.2, 0.25) is 0 Å². The quantitative estimate of drug-likeness (QED) is 0.616. The first-order valence-corrected chi connectivity index (χ1v) is 9.43. The minimum absolute atomic E-state index is 0.0338. The van der Waals surface area contributed by atoms with Crippen LogP contribution >= 0.6 is 0 Å². The predicted molar refractivity (Wildman–Crippen MR) is 92.7 cm³/mol. The van der Waals surface area contributed by atoms with E-state index >= 15 is 0 Å². The molecule has 0 spiro atoms. The number of piperazine rings is 1. The smallest absolute Gasteiger partial charge is 0.293 e. The fourth-order valence-electron chi connectivity index (χ4n) is 2.49. The summed E-state index contributed by atoms with van der Waals surface area (Å²) in [5, 5.41) is 14.4. The predicted octanol–water partition coefficient (Wildman–Crippen LogP) is 1.74. The summed E-state index contributed by atoms with van der Waals surface area (Å²) in [7, 11) is -1.78. The van der Waals surface area contributed by atoms with Gasteiger partial charge in [-0.3, -0.25) is 10.1 Å². The molecular formula is C15H24N4O4S. The molecule has 9 heteroatoms. The van der Waals surface area contributed by atoms with Crippen molar-refractivity contribution in [2.24, 2.45) is 0 Å². The van der Waals surface area contributed by atoms with Crippen molar-refractivity contribution in [1.29, 1.82) is 0 Å². The fraction of sp³-hybridized carbons (Fsp3) is 0.600. The van der Waals surface area contributed by atoms with Crippen molar-refractivity contribution in [2.75, 3.05) is 38.5 Å². The Morgan fingerprint density at radius 1 is 1.29 bits per heavy atom. The normalized spacial score (nSPS) is 18.3. The summed E-state index contributed by atoms with van der Waals surface area (Å²) in [5.41, 5.74) is 0.122. The Morgan fingerprint density at radius 3 is 2.46 bits per heavy atom. The zero-order chi connectivity index (χ0) is 17.9. The van der Waals surface area contributed by atoms with Gasteiger partial charge in [-0.15, -0.1) is 0 Å². The Balaban J connectivity index is 2.33. The van der Waals surface area contributed by atoms with Crippen molar-refractivity contribution in [2.45, 2.75) is 31.2 Å². The van der Waals surface area contributed by atoms with E-state index < -0.39 is 14.9 Å². The number of benzene rings is 1. The molecule has 1 heterocycles. The number of likely N-dealkylation sites (N-methyl/N-ethyl adjacent to an activating group) is 1. The van der Waals surface area contributed by atoms with Crippen LogP contribution in [0.3, 0.4) is 0 Å². The van der Waals surface area contributed by atoms with Gasteiger partial charge in [-0.1, -0.05) is 6.92 Å². The van der Waals surface area contributed by atoms with Gasteiger partial charge < -0.3 is 10.2 Å². The van der Waals surface area contributed by atoms with Gasteiger partial charge in [0.15, 0.2) is 0 Å². The number of hydrogen-bond donors (Lipinski definition) is 1. The molecule has 1 atom stereocenters. The van der Waals surface area contributed by atoms with E-state index in [0.29, 0.717) is 31.9 Å². The van der Waals surface area contributed by atoms with E-state index in [1.807, 2.05) is 25.8 Å². The van der Waals surface area contributed by atoms with Gasteiger partial charge in [-0.05, 0) is 32.5 Å².